The Morgan fingerprint density at radius 1 is 0.761 bits per heavy atom. The van der Waals surface area contributed by atoms with E-state index in [1.165, 1.54) is 42.0 Å². The molecule has 4 amide bonds. The van der Waals surface area contributed by atoms with Crippen molar-refractivity contribution in [2.24, 2.45) is 0 Å². The standard InChI is InChI=1S/C16H19N7OS.C10H6N4OS.C6H13N3O.C4H6O4.C2H3BO2.B.ClH.Na/c1-18-16(24)23-6-4-22(5-7-23)11-12-2-3-19-14(8-12)21-15-20-10-13(9-17)25-15;11-4-8-5-13-10(16-8)14-9-3-7(6-15)1-2-12-9;1-7-6(10)9-4-2-8-3-5-9;1-3(5)7-8-4(2)6;1-2(4)5-3;;;/h2-3,8,10H,4-7,11H2,1H3,(H,18,24)(H,19,20,21);1-3,5-6H,(H,12,13,14);8H,2-5H2,1H3,(H,7,10);1-2H3;1H3;;1H;/q;;;;-1;;;+1. The van der Waals surface area contributed by atoms with Crippen LogP contribution in [0.3, 0.4) is 0 Å². The molecule has 6 rings (SSSR count). The molecule has 5 N–H and O–H groups in total. The number of nitrogens with one attached hydrogen (secondary N) is 5. The fourth-order valence-corrected chi connectivity index (χ4v) is 6.13. The number of pyridine rings is 2. The monoisotopic (exact) mass is 988 g/mol. The Bertz CT molecular complexity index is 2210. The van der Waals surface area contributed by atoms with Crippen molar-refractivity contribution in [3.05, 3.63) is 69.9 Å². The molecule has 4 aromatic heterocycles. The summed E-state index contributed by atoms with van der Waals surface area (Å²) in [6.45, 7) is 10.9. The number of carbonyl (C=O) groups is 6. The molecule has 0 aromatic carbocycles. The molecule has 2 saturated heterocycles. The molecule has 0 aliphatic carbocycles. The molecule has 0 saturated carbocycles. The van der Waals surface area contributed by atoms with Crippen molar-refractivity contribution < 1.29 is 72.8 Å². The van der Waals surface area contributed by atoms with E-state index in [0.717, 1.165) is 84.6 Å². The summed E-state index contributed by atoms with van der Waals surface area (Å²) >= 11 is 2.53. The molecule has 0 bridgehead atoms. The van der Waals surface area contributed by atoms with Gasteiger partial charge in [-0.1, -0.05) is 22.7 Å². The van der Waals surface area contributed by atoms with E-state index in [4.69, 9.17) is 10.5 Å². The van der Waals surface area contributed by atoms with Gasteiger partial charge >= 0.3 is 53.6 Å². The van der Waals surface area contributed by atoms with E-state index in [2.05, 4.69) is 80.0 Å². The van der Waals surface area contributed by atoms with Gasteiger partial charge in [-0.05, 0) is 29.8 Å². The van der Waals surface area contributed by atoms with Crippen molar-refractivity contribution in [1.82, 2.24) is 50.6 Å². The average Bonchev–Trinajstić information content (AvgIpc) is 3.98. The van der Waals surface area contributed by atoms with E-state index in [1.807, 2.05) is 23.1 Å². The van der Waals surface area contributed by atoms with E-state index in [1.54, 1.807) is 43.5 Å². The van der Waals surface area contributed by atoms with Crippen LogP contribution in [-0.4, -0.2) is 154 Å². The van der Waals surface area contributed by atoms with Crippen LogP contribution >= 0.6 is 35.1 Å². The summed E-state index contributed by atoms with van der Waals surface area (Å²) < 4.78 is 3.61. The van der Waals surface area contributed by atoms with Gasteiger partial charge in [0.2, 0.25) is 5.97 Å². The second kappa shape index (κ2) is 36.2. The third-order valence-electron chi connectivity index (χ3n) is 7.79. The number of thiazole rings is 2. The number of anilines is 4. The topological polar surface area (TPSA) is 299 Å². The molecule has 29 heteroatoms. The van der Waals surface area contributed by atoms with Gasteiger partial charge in [0.15, 0.2) is 10.3 Å². The number of piperazine rings is 2. The molecule has 350 valence electrons. The molecular weight excluding hydrogens is 941 g/mol. The summed E-state index contributed by atoms with van der Waals surface area (Å²) in [6, 6.07) is 11.3. The van der Waals surface area contributed by atoms with Gasteiger partial charge in [-0.15, -0.1) is 12.4 Å². The zero-order valence-electron chi connectivity index (χ0n) is 37.6. The molecule has 6 radical (unpaired) electrons. The normalized spacial score (nSPS) is 12.0. The minimum atomic E-state index is -0.639. The fourth-order valence-electron chi connectivity index (χ4n) is 4.88. The fraction of sp³-hybridized carbons (Fsp3) is 0.368. The van der Waals surface area contributed by atoms with Gasteiger partial charge in [0.25, 0.3) is 0 Å². The Balaban J connectivity index is 0. The number of carbonyl (C=O) groups excluding carboxylic acids is 6. The number of urea groups is 2. The quantitative estimate of drug-likeness (QED) is 0.0676. The molecule has 2 aliphatic heterocycles. The third kappa shape index (κ3) is 26.7. The van der Waals surface area contributed by atoms with Gasteiger partial charge < -0.3 is 49.1 Å². The average molecular weight is 989 g/mol. The predicted molar refractivity (Wildman–Crippen MR) is 248 cm³/mol. The number of halogens is 1. The Morgan fingerprint density at radius 3 is 1.61 bits per heavy atom. The molecular formula is C38H48B2ClN14NaO9S2. The Morgan fingerprint density at radius 2 is 1.21 bits per heavy atom. The van der Waals surface area contributed by atoms with Crippen LogP contribution in [-0.2, 0) is 35.4 Å². The van der Waals surface area contributed by atoms with Gasteiger partial charge in [-0.3, -0.25) is 14.5 Å². The van der Waals surface area contributed by atoms with Crippen LogP contribution in [0.1, 0.15) is 46.4 Å². The van der Waals surface area contributed by atoms with Crippen molar-refractivity contribution >= 4 is 110 Å². The van der Waals surface area contributed by atoms with Crippen LogP contribution in [0.5, 0.6) is 0 Å². The number of amides is 4. The molecule has 2 fully saturated rings. The molecule has 67 heavy (non-hydrogen) atoms. The SMILES string of the molecule is CC(=O)OOC(C)=O.CNC(=O)N1CCN(Cc2ccnc(Nc3ncc(C#N)s3)c2)CC1.CNC(=O)N1CCNCC1.Cl.N#Cc1cnc(Nc2cc(C=O)ccn2)s1.[B-]OC(C)=O.[B].[Na+]. The number of aromatic nitrogens is 4. The van der Waals surface area contributed by atoms with Gasteiger partial charge in [0.1, 0.15) is 39.8 Å². The summed E-state index contributed by atoms with van der Waals surface area (Å²) in [7, 11) is 7.63. The molecule has 0 unspecified atom stereocenters. The number of hydrogen-bond donors (Lipinski definition) is 5. The molecule has 0 spiro atoms. The summed E-state index contributed by atoms with van der Waals surface area (Å²) in [5, 5.41) is 33.2. The first-order chi connectivity index (χ1) is 30.7. The number of hydrogen-bond acceptors (Lipinski definition) is 21. The zero-order valence-corrected chi connectivity index (χ0v) is 42.1. The molecule has 6 heterocycles. The minimum absolute atomic E-state index is 0. The van der Waals surface area contributed by atoms with E-state index >= 15 is 0 Å². The minimum Gasteiger partial charge on any atom is -0.793 e. The summed E-state index contributed by atoms with van der Waals surface area (Å²) in [5.41, 5.74) is 1.68. The zero-order chi connectivity index (χ0) is 47.3. The summed E-state index contributed by atoms with van der Waals surface area (Å²) in [6.07, 6.45) is 7.07. The maximum atomic E-state index is 11.6. The first-order valence-corrected chi connectivity index (χ1v) is 20.6. The van der Waals surface area contributed by atoms with E-state index in [0.29, 0.717) is 37.2 Å². The summed E-state index contributed by atoms with van der Waals surface area (Å²) in [4.78, 5) is 93.4. The maximum absolute atomic E-state index is 11.6. The van der Waals surface area contributed by atoms with Crippen LogP contribution in [0.15, 0.2) is 49.1 Å². The van der Waals surface area contributed by atoms with Gasteiger partial charge in [0, 0.05) is 120 Å². The Hall–Kier alpha value is -5.90. The van der Waals surface area contributed by atoms with E-state index in [-0.39, 0.29) is 62.4 Å². The van der Waals surface area contributed by atoms with Crippen LogP contribution in [0.4, 0.5) is 31.5 Å². The first kappa shape index (κ1) is 63.2. The van der Waals surface area contributed by atoms with Gasteiger partial charge in [0.05, 0.1) is 12.4 Å². The predicted octanol–water partition coefficient (Wildman–Crippen LogP) is -0.487. The largest absolute Gasteiger partial charge is 1.00 e. The Kier molecular flexibility index (Phi) is 34.2. The smallest absolute Gasteiger partial charge is 0.793 e. The van der Waals surface area contributed by atoms with Crippen LogP contribution < -0.4 is 56.1 Å². The maximum Gasteiger partial charge on any atom is 1.00 e. The van der Waals surface area contributed by atoms with Crippen molar-refractivity contribution in [3.63, 3.8) is 0 Å². The van der Waals surface area contributed by atoms with Gasteiger partial charge in [-0.2, -0.15) is 10.5 Å². The number of rotatable bonds is 7. The molecule has 2 aliphatic rings. The second-order valence-corrected chi connectivity index (χ2v) is 14.6. The number of aldehydes is 1. The molecule has 23 nitrogen and oxygen atoms in total. The number of nitriles is 2. The molecule has 0 atom stereocenters. The summed E-state index contributed by atoms with van der Waals surface area (Å²) in [5.74, 6) is -0.505. The van der Waals surface area contributed by atoms with Crippen molar-refractivity contribution in [2.45, 2.75) is 27.3 Å². The van der Waals surface area contributed by atoms with Crippen LogP contribution in [0, 0.1) is 22.7 Å². The second-order valence-electron chi connectivity index (χ2n) is 12.5. The third-order valence-corrected chi connectivity index (χ3v) is 9.42. The number of nitrogens with zero attached hydrogens (tertiary/aromatic N) is 9. The van der Waals surface area contributed by atoms with E-state index < -0.39 is 17.9 Å². The van der Waals surface area contributed by atoms with E-state index in [9.17, 15) is 28.8 Å². The van der Waals surface area contributed by atoms with Crippen molar-refractivity contribution in [2.75, 3.05) is 77.1 Å². The molecule has 4 aromatic rings. The van der Waals surface area contributed by atoms with Crippen molar-refractivity contribution in [1.29, 1.82) is 10.5 Å². The van der Waals surface area contributed by atoms with Gasteiger partial charge in [-0.25, -0.2) is 48.9 Å². The first-order valence-electron chi connectivity index (χ1n) is 18.9. The Labute approximate surface area is 427 Å². The van der Waals surface area contributed by atoms with Crippen molar-refractivity contribution in [3.8, 4) is 12.1 Å². The van der Waals surface area contributed by atoms with Crippen LogP contribution in [0.2, 0.25) is 0 Å². The van der Waals surface area contributed by atoms with Crippen LogP contribution in [0.25, 0.3) is 0 Å².